The molecule has 1 aromatic carbocycles. The fourth-order valence-corrected chi connectivity index (χ4v) is 1.26. The van der Waals surface area contributed by atoms with Crippen LogP contribution in [0.1, 0.15) is 0 Å². The fourth-order valence-electron chi connectivity index (χ4n) is 0.899. The molecule has 5 heteroatoms. The molecular weight excluding hydrogens is 223 g/mol. The maximum Gasteiger partial charge on any atom is 0.165 e. The molecule has 0 aliphatic carbocycles. The first-order valence-corrected chi connectivity index (χ1v) is 4.79. The number of carbonyl (C=O) groups is 1. The van der Waals surface area contributed by atoms with E-state index in [4.69, 9.17) is 28.9 Å². The first kappa shape index (κ1) is 11.3. The number of benzene rings is 1. The van der Waals surface area contributed by atoms with Crippen LogP contribution in [0.5, 0.6) is 0 Å². The van der Waals surface area contributed by atoms with E-state index >= 15 is 0 Å². The third-order valence-electron chi connectivity index (χ3n) is 1.63. The lowest BCUT2D eigenvalue weighted by molar-refractivity contribution is -0.116. The van der Waals surface area contributed by atoms with Crippen molar-refractivity contribution in [1.82, 2.24) is 0 Å². The quantitative estimate of drug-likeness (QED) is 0.835. The summed E-state index contributed by atoms with van der Waals surface area (Å²) in [5.74, 6) is -0.0824. The lowest BCUT2D eigenvalue weighted by atomic mass is 10.3. The topological polar surface area (TPSA) is 55.1 Å². The minimum absolute atomic E-state index is 0.0190. The summed E-state index contributed by atoms with van der Waals surface area (Å²) in [7, 11) is 0. The Morgan fingerprint density at radius 2 is 2.14 bits per heavy atom. The molecule has 0 aromatic heterocycles. The molecule has 1 rings (SSSR count). The first-order chi connectivity index (χ1) is 6.63. The normalized spacial score (nSPS) is 9.93. The van der Waals surface area contributed by atoms with E-state index in [2.05, 4.69) is 5.32 Å². The molecule has 0 saturated heterocycles. The number of ketones is 1. The average molecular weight is 233 g/mol. The second kappa shape index (κ2) is 5.20. The number of nitrogens with one attached hydrogen (secondary N) is 1. The molecule has 0 aliphatic rings. The van der Waals surface area contributed by atoms with E-state index in [-0.39, 0.29) is 18.9 Å². The van der Waals surface area contributed by atoms with Gasteiger partial charge in [0, 0.05) is 5.02 Å². The molecule has 0 aliphatic heterocycles. The van der Waals surface area contributed by atoms with Crippen molar-refractivity contribution in [2.75, 3.05) is 18.4 Å². The van der Waals surface area contributed by atoms with Crippen molar-refractivity contribution in [3.63, 3.8) is 0 Å². The van der Waals surface area contributed by atoms with Crippen LogP contribution in [0.15, 0.2) is 18.2 Å². The van der Waals surface area contributed by atoms with Gasteiger partial charge in [0.15, 0.2) is 5.78 Å². The molecule has 3 N–H and O–H groups in total. The molecule has 0 saturated carbocycles. The third kappa shape index (κ3) is 3.18. The Morgan fingerprint density at radius 1 is 1.43 bits per heavy atom. The van der Waals surface area contributed by atoms with Gasteiger partial charge in [0.25, 0.3) is 0 Å². The Kier molecular flexibility index (Phi) is 4.20. The van der Waals surface area contributed by atoms with Crippen molar-refractivity contribution in [2.45, 2.75) is 0 Å². The van der Waals surface area contributed by atoms with Gasteiger partial charge in [-0.2, -0.15) is 0 Å². The van der Waals surface area contributed by atoms with Gasteiger partial charge < -0.3 is 11.1 Å². The van der Waals surface area contributed by atoms with Gasteiger partial charge in [-0.05, 0) is 18.2 Å². The molecule has 3 nitrogen and oxygen atoms in total. The largest absolute Gasteiger partial charge is 0.377 e. The van der Waals surface area contributed by atoms with Gasteiger partial charge in [0.2, 0.25) is 0 Å². The van der Waals surface area contributed by atoms with E-state index < -0.39 is 0 Å². The maximum atomic E-state index is 10.9. The maximum absolute atomic E-state index is 10.9. The highest BCUT2D eigenvalue weighted by Gasteiger charge is 2.02. The molecule has 0 radical (unpaired) electrons. The highest BCUT2D eigenvalue weighted by molar-refractivity contribution is 6.35. The zero-order valence-corrected chi connectivity index (χ0v) is 8.90. The van der Waals surface area contributed by atoms with Crippen molar-refractivity contribution in [3.8, 4) is 0 Å². The molecule has 0 fully saturated rings. The number of carbonyl (C=O) groups excluding carboxylic acids is 1. The summed E-state index contributed by atoms with van der Waals surface area (Å²) in [5, 5.41) is 3.95. The standard InChI is InChI=1S/C9H10Cl2N2O/c10-6-1-2-8(11)9(3-6)13-5-7(14)4-12/h1-3,13H,4-5,12H2. The summed E-state index contributed by atoms with van der Waals surface area (Å²) in [6.07, 6.45) is 0. The van der Waals surface area contributed by atoms with E-state index in [1.54, 1.807) is 18.2 Å². The van der Waals surface area contributed by atoms with Gasteiger partial charge in [-0.1, -0.05) is 23.2 Å². The van der Waals surface area contributed by atoms with Crippen LogP contribution < -0.4 is 11.1 Å². The summed E-state index contributed by atoms with van der Waals surface area (Å²) >= 11 is 11.6. The van der Waals surface area contributed by atoms with Crippen LogP contribution in [0.25, 0.3) is 0 Å². The molecule has 0 atom stereocenters. The number of rotatable bonds is 4. The Hall–Kier alpha value is -0.770. The molecule has 0 amide bonds. The number of anilines is 1. The lowest BCUT2D eigenvalue weighted by Crippen LogP contribution is -2.22. The molecule has 0 unspecified atom stereocenters. The zero-order valence-electron chi connectivity index (χ0n) is 7.39. The minimum Gasteiger partial charge on any atom is -0.377 e. The Labute approximate surface area is 92.2 Å². The van der Waals surface area contributed by atoms with Gasteiger partial charge in [-0.3, -0.25) is 4.79 Å². The fraction of sp³-hybridized carbons (Fsp3) is 0.222. The van der Waals surface area contributed by atoms with Gasteiger partial charge in [-0.15, -0.1) is 0 Å². The van der Waals surface area contributed by atoms with E-state index in [9.17, 15) is 4.79 Å². The molecule has 0 bridgehead atoms. The number of hydrogen-bond donors (Lipinski definition) is 2. The number of Topliss-reactive ketones (excluding diaryl/α,β-unsaturated/α-hetero) is 1. The van der Waals surface area contributed by atoms with E-state index in [1.165, 1.54) is 0 Å². The smallest absolute Gasteiger partial charge is 0.165 e. The Balaban J connectivity index is 2.66. The van der Waals surface area contributed by atoms with Crippen molar-refractivity contribution >= 4 is 34.7 Å². The van der Waals surface area contributed by atoms with Crippen LogP contribution in [-0.4, -0.2) is 18.9 Å². The number of halogens is 2. The Morgan fingerprint density at radius 3 is 2.79 bits per heavy atom. The second-order valence-corrected chi connectivity index (χ2v) is 3.56. The van der Waals surface area contributed by atoms with Crippen molar-refractivity contribution in [2.24, 2.45) is 5.73 Å². The highest BCUT2D eigenvalue weighted by Crippen LogP contribution is 2.24. The lowest BCUT2D eigenvalue weighted by Gasteiger charge is -2.06. The molecule has 0 heterocycles. The second-order valence-electron chi connectivity index (χ2n) is 2.72. The molecule has 76 valence electrons. The summed E-state index contributed by atoms with van der Waals surface area (Å²) in [6, 6.07) is 5.01. The molecule has 14 heavy (non-hydrogen) atoms. The third-order valence-corrected chi connectivity index (χ3v) is 2.20. The number of hydrogen-bond acceptors (Lipinski definition) is 3. The van der Waals surface area contributed by atoms with Crippen LogP contribution in [0.4, 0.5) is 5.69 Å². The SMILES string of the molecule is NCC(=O)CNc1cc(Cl)ccc1Cl. The van der Waals surface area contributed by atoms with Gasteiger partial charge in [0.05, 0.1) is 23.8 Å². The molecule has 1 aromatic rings. The summed E-state index contributed by atoms with van der Waals surface area (Å²) < 4.78 is 0. The zero-order chi connectivity index (χ0) is 10.6. The average Bonchev–Trinajstić information content (AvgIpc) is 2.19. The summed E-state index contributed by atoms with van der Waals surface area (Å²) in [6.45, 7) is 0.182. The van der Waals surface area contributed by atoms with E-state index in [0.717, 1.165) is 0 Å². The van der Waals surface area contributed by atoms with Gasteiger partial charge >= 0.3 is 0 Å². The van der Waals surface area contributed by atoms with Gasteiger partial charge in [0.1, 0.15) is 0 Å². The van der Waals surface area contributed by atoms with Crippen molar-refractivity contribution in [1.29, 1.82) is 0 Å². The van der Waals surface area contributed by atoms with E-state index in [1.807, 2.05) is 0 Å². The first-order valence-electron chi connectivity index (χ1n) is 4.04. The van der Waals surface area contributed by atoms with Crippen LogP contribution in [-0.2, 0) is 4.79 Å². The van der Waals surface area contributed by atoms with Crippen LogP contribution in [0, 0.1) is 0 Å². The Bertz CT molecular complexity index is 342. The number of nitrogens with two attached hydrogens (primary N) is 1. The van der Waals surface area contributed by atoms with Crippen LogP contribution in [0.2, 0.25) is 10.0 Å². The van der Waals surface area contributed by atoms with Crippen molar-refractivity contribution < 1.29 is 4.79 Å². The van der Waals surface area contributed by atoms with Crippen LogP contribution in [0.3, 0.4) is 0 Å². The predicted octanol–water partition coefficient (Wildman–Crippen LogP) is 1.93. The van der Waals surface area contributed by atoms with Crippen LogP contribution >= 0.6 is 23.2 Å². The highest BCUT2D eigenvalue weighted by atomic mass is 35.5. The van der Waals surface area contributed by atoms with Crippen molar-refractivity contribution in [3.05, 3.63) is 28.2 Å². The summed E-state index contributed by atoms with van der Waals surface area (Å²) in [5.41, 5.74) is 5.80. The van der Waals surface area contributed by atoms with Gasteiger partial charge in [-0.25, -0.2) is 0 Å². The molecular formula is C9H10Cl2N2O. The molecule has 0 spiro atoms. The van der Waals surface area contributed by atoms with E-state index in [0.29, 0.717) is 15.7 Å². The summed E-state index contributed by atoms with van der Waals surface area (Å²) in [4.78, 5) is 10.9. The monoisotopic (exact) mass is 232 g/mol. The minimum atomic E-state index is -0.0824. The predicted molar refractivity (Wildman–Crippen MR) is 59.0 cm³/mol.